The van der Waals surface area contributed by atoms with Gasteiger partial charge in [-0.2, -0.15) is 0 Å². The molecule has 0 saturated carbocycles. The molecule has 20 heavy (non-hydrogen) atoms. The molecule has 0 aromatic carbocycles. The molecule has 0 unspecified atom stereocenters. The van der Waals surface area contributed by atoms with E-state index < -0.39 is 0 Å². The fourth-order valence-corrected chi connectivity index (χ4v) is 2.44. The highest BCUT2D eigenvalue weighted by Crippen LogP contribution is 2.18. The maximum atomic E-state index is 4.60. The highest BCUT2D eigenvalue weighted by atomic mass is 14.9. The molecule has 4 aromatic heterocycles. The van der Waals surface area contributed by atoms with Gasteiger partial charge in [-0.05, 0) is 24.6 Å². The number of H-pyrrole nitrogens is 2. The zero-order valence-corrected chi connectivity index (χ0v) is 10.9. The fraction of sp³-hybridized carbons (Fsp3) is 0.143. The maximum absolute atomic E-state index is 4.60. The van der Waals surface area contributed by atoms with Gasteiger partial charge < -0.3 is 9.97 Å². The Balaban J connectivity index is 1.81. The lowest BCUT2D eigenvalue weighted by molar-refractivity contribution is 1.04. The SMILES string of the molecule is Cc1cc2[nH]cnc2c(Cc2cnc3nc[nH]c3c2)n1. The number of hydrogen-bond donors (Lipinski definition) is 2. The van der Waals surface area contributed by atoms with Crippen molar-refractivity contribution >= 4 is 22.2 Å². The van der Waals surface area contributed by atoms with Crippen LogP contribution in [-0.4, -0.2) is 29.9 Å². The molecule has 0 aliphatic carbocycles. The van der Waals surface area contributed by atoms with E-state index in [4.69, 9.17) is 0 Å². The third-order valence-electron chi connectivity index (χ3n) is 3.31. The topological polar surface area (TPSA) is 83.1 Å². The first-order chi connectivity index (χ1) is 9.79. The molecule has 4 rings (SSSR count). The summed E-state index contributed by atoms with van der Waals surface area (Å²) >= 11 is 0. The first-order valence-electron chi connectivity index (χ1n) is 6.37. The summed E-state index contributed by atoms with van der Waals surface area (Å²) in [4.78, 5) is 23.6. The molecule has 0 bridgehead atoms. The number of hydrogen-bond acceptors (Lipinski definition) is 4. The second-order valence-electron chi connectivity index (χ2n) is 4.80. The van der Waals surface area contributed by atoms with Crippen molar-refractivity contribution in [1.29, 1.82) is 0 Å². The molecule has 0 fully saturated rings. The number of imidazole rings is 2. The monoisotopic (exact) mass is 264 g/mol. The molecule has 0 saturated heterocycles. The summed E-state index contributed by atoms with van der Waals surface area (Å²) in [6, 6.07) is 4.06. The third-order valence-corrected chi connectivity index (χ3v) is 3.31. The second-order valence-corrected chi connectivity index (χ2v) is 4.80. The highest BCUT2D eigenvalue weighted by Gasteiger charge is 2.09. The number of nitrogens with zero attached hydrogens (tertiary/aromatic N) is 4. The molecule has 0 aliphatic rings. The molecular weight excluding hydrogens is 252 g/mol. The largest absolute Gasteiger partial charge is 0.344 e. The van der Waals surface area contributed by atoms with Gasteiger partial charge in [-0.3, -0.25) is 4.98 Å². The van der Waals surface area contributed by atoms with Gasteiger partial charge in [0, 0.05) is 18.3 Å². The van der Waals surface area contributed by atoms with Crippen LogP contribution in [0.15, 0.2) is 31.0 Å². The number of aromatic nitrogens is 6. The van der Waals surface area contributed by atoms with Crippen molar-refractivity contribution in [1.82, 2.24) is 29.9 Å². The van der Waals surface area contributed by atoms with Gasteiger partial charge in [-0.25, -0.2) is 15.0 Å². The van der Waals surface area contributed by atoms with E-state index in [1.54, 1.807) is 12.7 Å². The Hall–Kier alpha value is -2.76. The molecule has 0 spiro atoms. The number of rotatable bonds is 2. The number of aryl methyl sites for hydroxylation is 1. The third kappa shape index (κ3) is 1.73. The Kier molecular flexibility index (Phi) is 2.29. The predicted molar refractivity (Wildman–Crippen MR) is 75.3 cm³/mol. The average Bonchev–Trinajstić information content (AvgIpc) is 3.05. The standard InChI is InChI=1S/C14H12N6/c1-8-2-10-13(18-6-16-10)11(20-8)3-9-4-12-14(15-5-9)19-7-17-12/h2,4-7H,3H2,1H3,(H,16,18)(H,15,17,19). The average molecular weight is 264 g/mol. The molecule has 0 atom stereocenters. The van der Waals surface area contributed by atoms with Crippen LogP contribution in [0.4, 0.5) is 0 Å². The zero-order valence-electron chi connectivity index (χ0n) is 10.9. The highest BCUT2D eigenvalue weighted by molar-refractivity contribution is 5.78. The summed E-state index contributed by atoms with van der Waals surface area (Å²) in [7, 11) is 0. The maximum Gasteiger partial charge on any atom is 0.177 e. The molecule has 6 heteroatoms. The van der Waals surface area contributed by atoms with Crippen molar-refractivity contribution in [2.75, 3.05) is 0 Å². The van der Waals surface area contributed by atoms with Crippen LogP contribution in [0.3, 0.4) is 0 Å². The zero-order chi connectivity index (χ0) is 13.5. The van der Waals surface area contributed by atoms with E-state index in [1.807, 2.05) is 19.2 Å². The Bertz CT molecular complexity index is 904. The van der Waals surface area contributed by atoms with E-state index in [0.717, 1.165) is 39.1 Å². The van der Waals surface area contributed by atoms with Crippen LogP contribution < -0.4 is 0 Å². The summed E-state index contributed by atoms with van der Waals surface area (Å²) in [5.41, 5.74) is 6.63. The lowest BCUT2D eigenvalue weighted by Crippen LogP contribution is -1.97. The van der Waals surface area contributed by atoms with Gasteiger partial charge in [0.05, 0.1) is 29.4 Å². The number of aromatic amines is 2. The first kappa shape index (κ1) is 11.1. The van der Waals surface area contributed by atoms with Gasteiger partial charge in [0.2, 0.25) is 0 Å². The number of nitrogens with one attached hydrogen (secondary N) is 2. The van der Waals surface area contributed by atoms with E-state index >= 15 is 0 Å². The molecular formula is C14H12N6. The first-order valence-corrected chi connectivity index (χ1v) is 6.37. The summed E-state index contributed by atoms with van der Waals surface area (Å²) < 4.78 is 0. The minimum absolute atomic E-state index is 0.699. The van der Waals surface area contributed by atoms with E-state index in [9.17, 15) is 0 Å². The van der Waals surface area contributed by atoms with E-state index in [1.165, 1.54) is 0 Å². The Morgan fingerprint density at radius 1 is 1.00 bits per heavy atom. The summed E-state index contributed by atoms with van der Waals surface area (Å²) in [6.45, 7) is 1.99. The van der Waals surface area contributed by atoms with Crippen molar-refractivity contribution < 1.29 is 0 Å². The Morgan fingerprint density at radius 2 is 1.85 bits per heavy atom. The molecule has 6 nitrogen and oxygen atoms in total. The molecule has 2 N–H and O–H groups in total. The van der Waals surface area contributed by atoms with Crippen molar-refractivity contribution in [3.05, 3.63) is 47.9 Å². The van der Waals surface area contributed by atoms with Crippen LogP contribution in [0.25, 0.3) is 22.2 Å². The molecule has 98 valence electrons. The van der Waals surface area contributed by atoms with Crippen molar-refractivity contribution in [2.45, 2.75) is 13.3 Å². The van der Waals surface area contributed by atoms with Crippen LogP contribution in [0, 0.1) is 6.92 Å². The minimum Gasteiger partial charge on any atom is -0.344 e. The van der Waals surface area contributed by atoms with E-state index in [-0.39, 0.29) is 0 Å². The Labute approximate surface area is 114 Å². The normalized spacial score (nSPS) is 11.4. The van der Waals surface area contributed by atoms with Crippen LogP contribution in [0.2, 0.25) is 0 Å². The molecule has 4 heterocycles. The van der Waals surface area contributed by atoms with E-state index in [0.29, 0.717) is 6.42 Å². The van der Waals surface area contributed by atoms with Gasteiger partial charge >= 0.3 is 0 Å². The van der Waals surface area contributed by atoms with Gasteiger partial charge in [0.25, 0.3) is 0 Å². The molecule has 0 aliphatic heterocycles. The van der Waals surface area contributed by atoms with Crippen molar-refractivity contribution in [3.63, 3.8) is 0 Å². The quantitative estimate of drug-likeness (QED) is 0.581. The summed E-state index contributed by atoms with van der Waals surface area (Å²) in [5, 5.41) is 0. The van der Waals surface area contributed by atoms with Gasteiger partial charge in [-0.1, -0.05) is 0 Å². The predicted octanol–water partition coefficient (Wildman–Crippen LogP) is 2.13. The van der Waals surface area contributed by atoms with Crippen molar-refractivity contribution in [3.8, 4) is 0 Å². The second kappa shape index (κ2) is 4.12. The number of pyridine rings is 2. The Morgan fingerprint density at radius 3 is 2.80 bits per heavy atom. The molecule has 0 radical (unpaired) electrons. The van der Waals surface area contributed by atoms with Gasteiger partial charge in [0.1, 0.15) is 5.52 Å². The van der Waals surface area contributed by atoms with E-state index in [2.05, 4.69) is 36.0 Å². The smallest absolute Gasteiger partial charge is 0.177 e. The lowest BCUT2D eigenvalue weighted by Gasteiger charge is -2.04. The van der Waals surface area contributed by atoms with Crippen LogP contribution in [-0.2, 0) is 6.42 Å². The molecule has 0 amide bonds. The summed E-state index contributed by atoms with van der Waals surface area (Å²) in [5.74, 6) is 0. The van der Waals surface area contributed by atoms with Crippen LogP contribution in [0.5, 0.6) is 0 Å². The number of fused-ring (bicyclic) bond motifs is 2. The fourth-order valence-electron chi connectivity index (χ4n) is 2.44. The van der Waals surface area contributed by atoms with Crippen LogP contribution >= 0.6 is 0 Å². The minimum atomic E-state index is 0.699. The summed E-state index contributed by atoms with van der Waals surface area (Å²) in [6.07, 6.45) is 5.89. The lowest BCUT2D eigenvalue weighted by atomic mass is 10.1. The van der Waals surface area contributed by atoms with Gasteiger partial charge in [-0.15, -0.1) is 0 Å². The van der Waals surface area contributed by atoms with Gasteiger partial charge in [0.15, 0.2) is 5.65 Å². The van der Waals surface area contributed by atoms with Crippen molar-refractivity contribution in [2.24, 2.45) is 0 Å². The molecule has 4 aromatic rings. The van der Waals surface area contributed by atoms with Crippen LogP contribution in [0.1, 0.15) is 17.0 Å².